The number of hydrogen-bond donors (Lipinski definition) is 0. The maximum absolute atomic E-state index is 12.9. The first-order chi connectivity index (χ1) is 14.0. The number of likely N-dealkylation sites (tertiary alicyclic amines) is 1. The van der Waals surface area contributed by atoms with E-state index in [0.29, 0.717) is 30.4 Å². The van der Waals surface area contributed by atoms with Crippen LogP contribution in [0.1, 0.15) is 34.7 Å². The zero-order valence-electron chi connectivity index (χ0n) is 16.8. The molecule has 3 heterocycles. The Morgan fingerprint density at radius 3 is 2.41 bits per heavy atom. The van der Waals surface area contributed by atoms with Crippen molar-refractivity contribution in [2.24, 2.45) is 5.92 Å². The predicted molar refractivity (Wildman–Crippen MR) is 110 cm³/mol. The van der Waals surface area contributed by atoms with E-state index in [0.717, 1.165) is 25.1 Å². The number of carbonyl (C=O) groups is 1. The lowest BCUT2D eigenvalue weighted by atomic mass is 9.96. The molecule has 1 aliphatic heterocycles. The summed E-state index contributed by atoms with van der Waals surface area (Å²) in [5.74, 6) is 0.377. The Bertz CT molecular complexity index is 1060. The molecule has 150 valence electrons. The third-order valence-corrected chi connectivity index (χ3v) is 5.46. The van der Waals surface area contributed by atoms with Gasteiger partial charge in [-0.25, -0.2) is 0 Å². The van der Waals surface area contributed by atoms with Crippen molar-refractivity contribution in [2.45, 2.75) is 33.2 Å². The van der Waals surface area contributed by atoms with Crippen LogP contribution in [0.2, 0.25) is 0 Å². The molecule has 0 bridgehead atoms. The number of benzene rings is 1. The van der Waals surface area contributed by atoms with Crippen LogP contribution in [0.15, 0.2) is 53.3 Å². The van der Waals surface area contributed by atoms with Crippen molar-refractivity contribution >= 4 is 5.91 Å². The van der Waals surface area contributed by atoms with Crippen LogP contribution in [0.5, 0.6) is 0 Å². The first kappa shape index (κ1) is 19.1. The van der Waals surface area contributed by atoms with E-state index in [4.69, 9.17) is 0 Å². The van der Waals surface area contributed by atoms with Crippen molar-refractivity contribution in [3.63, 3.8) is 0 Å². The maximum Gasteiger partial charge on any atom is 0.274 e. The number of piperidine rings is 1. The van der Waals surface area contributed by atoms with Crippen LogP contribution in [0, 0.1) is 19.8 Å². The molecular formula is C22H25N5O2. The van der Waals surface area contributed by atoms with E-state index in [-0.39, 0.29) is 11.5 Å². The Labute approximate surface area is 169 Å². The summed E-state index contributed by atoms with van der Waals surface area (Å²) in [6, 6.07) is 14.2. The summed E-state index contributed by atoms with van der Waals surface area (Å²) in [7, 11) is 0. The molecule has 7 heteroatoms. The van der Waals surface area contributed by atoms with Gasteiger partial charge in [-0.05, 0) is 56.9 Å². The predicted octanol–water partition coefficient (Wildman–Crippen LogP) is 2.60. The van der Waals surface area contributed by atoms with Gasteiger partial charge in [-0.2, -0.15) is 14.9 Å². The lowest BCUT2D eigenvalue weighted by Crippen LogP contribution is -2.40. The van der Waals surface area contributed by atoms with Gasteiger partial charge in [-0.1, -0.05) is 18.2 Å². The highest BCUT2D eigenvalue weighted by Gasteiger charge is 2.25. The molecule has 1 aliphatic rings. The number of rotatable bonds is 4. The minimum atomic E-state index is -0.253. The monoisotopic (exact) mass is 391 g/mol. The van der Waals surface area contributed by atoms with E-state index in [2.05, 4.69) is 27.9 Å². The highest BCUT2D eigenvalue weighted by molar-refractivity contribution is 5.92. The first-order valence-electron chi connectivity index (χ1n) is 9.97. The van der Waals surface area contributed by atoms with Gasteiger partial charge in [-0.3, -0.25) is 14.3 Å². The summed E-state index contributed by atoms with van der Waals surface area (Å²) in [6.45, 7) is 6.35. The zero-order chi connectivity index (χ0) is 20.4. The lowest BCUT2D eigenvalue weighted by molar-refractivity contribution is 0.0673. The van der Waals surface area contributed by atoms with Crippen LogP contribution < -0.4 is 5.56 Å². The number of aryl methyl sites for hydroxylation is 2. The summed E-state index contributed by atoms with van der Waals surface area (Å²) in [5.41, 5.74) is 2.90. The zero-order valence-corrected chi connectivity index (χ0v) is 16.8. The molecule has 4 rings (SSSR count). The van der Waals surface area contributed by atoms with E-state index in [9.17, 15) is 9.59 Å². The molecule has 1 fully saturated rings. The first-order valence-corrected chi connectivity index (χ1v) is 9.97. The molecule has 1 saturated heterocycles. The summed E-state index contributed by atoms with van der Waals surface area (Å²) < 4.78 is 3.34. The Morgan fingerprint density at radius 2 is 1.76 bits per heavy atom. The van der Waals surface area contributed by atoms with Gasteiger partial charge < -0.3 is 4.90 Å². The summed E-state index contributed by atoms with van der Waals surface area (Å²) in [5, 5.41) is 8.86. The lowest BCUT2D eigenvalue weighted by Gasteiger charge is -2.32. The second kappa shape index (κ2) is 8.03. The van der Waals surface area contributed by atoms with Crippen molar-refractivity contribution in [3.05, 3.63) is 76.0 Å². The number of amides is 1. The molecular weight excluding hydrogens is 366 g/mol. The molecule has 0 saturated carbocycles. The van der Waals surface area contributed by atoms with Crippen LogP contribution in [0.25, 0.3) is 5.69 Å². The fourth-order valence-electron chi connectivity index (χ4n) is 3.86. The molecule has 7 nitrogen and oxygen atoms in total. The van der Waals surface area contributed by atoms with E-state index in [1.165, 1.54) is 22.5 Å². The van der Waals surface area contributed by atoms with Gasteiger partial charge in [0.25, 0.3) is 11.5 Å². The molecule has 0 radical (unpaired) electrons. The van der Waals surface area contributed by atoms with Crippen LogP contribution in [0.3, 0.4) is 0 Å². The Balaban J connectivity index is 1.43. The van der Waals surface area contributed by atoms with Crippen molar-refractivity contribution in [3.8, 4) is 5.69 Å². The topological polar surface area (TPSA) is 73.0 Å². The van der Waals surface area contributed by atoms with Crippen molar-refractivity contribution in [1.82, 2.24) is 24.5 Å². The third-order valence-electron chi connectivity index (χ3n) is 5.46. The van der Waals surface area contributed by atoms with Crippen molar-refractivity contribution in [1.29, 1.82) is 0 Å². The molecule has 0 unspecified atom stereocenters. The standard InChI is InChI=1S/C22H25N5O2/c1-16-14-17(2)26(23-16)15-18-10-12-25(13-11-18)22(29)20-8-9-21(28)27(24-20)19-6-4-3-5-7-19/h3-9,14,18H,10-13,15H2,1-2H3. The molecule has 29 heavy (non-hydrogen) atoms. The van der Waals surface area contributed by atoms with Crippen LogP contribution in [-0.4, -0.2) is 43.5 Å². The largest absolute Gasteiger partial charge is 0.337 e. The van der Waals surface area contributed by atoms with Gasteiger partial charge in [0.15, 0.2) is 0 Å². The number of carbonyl (C=O) groups excluding carboxylic acids is 1. The average Bonchev–Trinajstić information content (AvgIpc) is 3.05. The Hall–Kier alpha value is -3.22. The maximum atomic E-state index is 12.9. The van der Waals surface area contributed by atoms with Crippen LogP contribution in [-0.2, 0) is 6.54 Å². The normalized spacial score (nSPS) is 14.9. The molecule has 0 atom stereocenters. The summed E-state index contributed by atoms with van der Waals surface area (Å²) in [6.07, 6.45) is 1.87. The minimum absolute atomic E-state index is 0.126. The Morgan fingerprint density at radius 1 is 1.03 bits per heavy atom. The van der Waals surface area contributed by atoms with Crippen LogP contribution >= 0.6 is 0 Å². The van der Waals surface area contributed by atoms with E-state index >= 15 is 0 Å². The number of hydrogen-bond acceptors (Lipinski definition) is 4. The molecule has 3 aromatic rings. The van der Waals surface area contributed by atoms with E-state index in [1.54, 1.807) is 12.1 Å². The smallest absolute Gasteiger partial charge is 0.274 e. The second-order valence-corrected chi connectivity index (χ2v) is 7.65. The van der Waals surface area contributed by atoms with E-state index in [1.807, 2.05) is 30.0 Å². The highest BCUT2D eigenvalue weighted by atomic mass is 16.2. The van der Waals surface area contributed by atoms with Crippen molar-refractivity contribution in [2.75, 3.05) is 13.1 Å². The van der Waals surface area contributed by atoms with Gasteiger partial charge in [0.05, 0.1) is 11.4 Å². The fraction of sp³-hybridized carbons (Fsp3) is 0.364. The van der Waals surface area contributed by atoms with Gasteiger partial charge in [0.1, 0.15) is 5.69 Å². The van der Waals surface area contributed by atoms with Crippen molar-refractivity contribution < 1.29 is 4.79 Å². The molecule has 0 N–H and O–H groups in total. The molecule has 0 aliphatic carbocycles. The molecule has 1 amide bonds. The quantitative estimate of drug-likeness (QED) is 0.685. The molecule has 1 aromatic carbocycles. The molecule has 0 spiro atoms. The highest BCUT2D eigenvalue weighted by Crippen LogP contribution is 2.21. The average molecular weight is 391 g/mol. The molecule has 2 aromatic heterocycles. The summed E-state index contributed by atoms with van der Waals surface area (Å²) >= 11 is 0. The minimum Gasteiger partial charge on any atom is -0.337 e. The number of nitrogens with zero attached hydrogens (tertiary/aromatic N) is 5. The number of aromatic nitrogens is 4. The fourth-order valence-corrected chi connectivity index (χ4v) is 3.86. The third kappa shape index (κ3) is 4.13. The van der Waals surface area contributed by atoms with E-state index < -0.39 is 0 Å². The number of para-hydroxylation sites is 1. The van der Waals surface area contributed by atoms with Gasteiger partial charge in [0.2, 0.25) is 0 Å². The SMILES string of the molecule is Cc1cc(C)n(CC2CCN(C(=O)c3ccc(=O)n(-c4ccccc4)n3)CC2)n1. The second-order valence-electron chi connectivity index (χ2n) is 7.65. The van der Waals surface area contributed by atoms with Gasteiger partial charge in [-0.15, -0.1) is 0 Å². The van der Waals surface area contributed by atoms with Gasteiger partial charge in [0, 0.05) is 31.4 Å². The summed E-state index contributed by atoms with van der Waals surface area (Å²) in [4.78, 5) is 27.0. The van der Waals surface area contributed by atoms with Gasteiger partial charge >= 0.3 is 0 Å². The Kier molecular flexibility index (Phi) is 5.29. The van der Waals surface area contributed by atoms with Crippen LogP contribution in [0.4, 0.5) is 0 Å².